The molecule has 1 amide bonds. The van der Waals surface area contributed by atoms with E-state index in [2.05, 4.69) is 41.0 Å². The van der Waals surface area contributed by atoms with Crippen molar-refractivity contribution in [1.82, 2.24) is 5.32 Å². The van der Waals surface area contributed by atoms with Crippen molar-refractivity contribution in [3.05, 3.63) is 78.4 Å². The first-order valence-electron chi connectivity index (χ1n) is 8.84. The van der Waals surface area contributed by atoms with Crippen LogP contribution in [0.4, 0.5) is 5.69 Å². The molecule has 2 N–H and O–H groups in total. The minimum absolute atomic E-state index is 0.118. The number of anilines is 1. The van der Waals surface area contributed by atoms with Crippen molar-refractivity contribution in [3.8, 4) is 0 Å². The molecule has 0 aromatic heterocycles. The molecule has 3 rings (SSSR count). The van der Waals surface area contributed by atoms with Gasteiger partial charge < -0.3 is 10.6 Å². The summed E-state index contributed by atoms with van der Waals surface area (Å²) in [4.78, 5) is 12.0. The van der Waals surface area contributed by atoms with Gasteiger partial charge in [0.1, 0.15) is 0 Å². The van der Waals surface area contributed by atoms with E-state index in [9.17, 15) is 4.79 Å². The Morgan fingerprint density at radius 3 is 2.40 bits per heavy atom. The second kappa shape index (κ2) is 8.88. The fraction of sp³-hybridized carbons (Fsp3) is 0.227. The van der Waals surface area contributed by atoms with Gasteiger partial charge in [-0.15, -0.1) is 0 Å². The molecule has 3 nitrogen and oxygen atoms in total. The number of carbonyl (C=O) groups is 1. The van der Waals surface area contributed by atoms with Gasteiger partial charge in [-0.3, -0.25) is 4.79 Å². The summed E-state index contributed by atoms with van der Waals surface area (Å²) in [5.74, 6) is 0.118. The standard InChI is InChI=1S/C22H24N2O/c25-22(24-16-6-15-23-21-9-2-1-3-10-21)14-12-18-11-13-19-7-4-5-8-20(19)17-18/h1-5,7-11,13,17,23H,6,12,14-16H2,(H,24,25). The average Bonchev–Trinajstić information content (AvgIpc) is 2.67. The van der Waals surface area contributed by atoms with Gasteiger partial charge in [-0.25, -0.2) is 0 Å². The average molecular weight is 332 g/mol. The van der Waals surface area contributed by atoms with E-state index in [0.717, 1.165) is 25.1 Å². The Labute approximate surface area is 149 Å². The van der Waals surface area contributed by atoms with E-state index in [-0.39, 0.29) is 5.91 Å². The third kappa shape index (κ3) is 5.35. The maximum absolute atomic E-state index is 12.0. The van der Waals surface area contributed by atoms with Gasteiger partial charge in [0.05, 0.1) is 0 Å². The van der Waals surface area contributed by atoms with Crippen molar-refractivity contribution >= 4 is 22.4 Å². The quantitative estimate of drug-likeness (QED) is 0.601. The summed E-state index contributed by atoms with van der Waals surface area (Å²) >= 11 is 0. The lowest BCUT2D eigenvalue weighted by Crippen LogP contribution is -2.26. The SMILES string of the molecule is O=C(CCc1ccc2ccccc2c1)NCCCNc1ccccc1. The highest BCUT2D eigenvalue weighted by Gasteiger charge is 2.03. The van der Waals surface area contributed by atoms with Gasteiger partial charge in [0, 0.05) is 25.2 Å². The van der Waals surface area contributed by atoms with Gasteiger partial charge in [-0.2, -0.15) is 0 Å². The van der Waals surface area contributed by atoms with Crippen LogP contribution in [0.5, 0.6) is 0 Å². The molecule has 0 aliphatic carbocycles. The van der Waals surface area contributed by atoms with Crippen LogP contribution in [0.2, 0.25) is 0 Å². The Kier molecular flexibility index (Phi) is 6.05. The summed E-state index contributed by atoms with van der Waals surface area (Å²) in [5, 5.41) is 8.81. The Hall–Kier alpha value is -2.81. The molecule has 0 unspecified atom stereocenters. The second-order valence-electron chi connectivity index (χ2n) is 6.18. The van der Waals surface area contributed by atoms with Crippen molar-refractivity contribution in [2.75, 3.05) is 18.4 Å². The molecule has 0 bridgehead atoms. The highest BCUT2D eigenvalue weighted by atomic mass is 16.1. The molecular formula is C22H24N2O. The molecule has 0 fully saturated rings. The van der Waals surface area contributed by atoms with E-state index in [1.165, 1.54) is 16.3 Å². The van der Waals surface area contributed by atoms with E-state index >= 15 is 0 Å². The molecule has 3 heteroatoms. The van der Waals surface area contributed by atoms with Crippen LogP contribution in [0.15, 0.2) is 72.8 Å². The van der Waals surface area contributed by atoms with Crippen LogP contribution in [-0.4, -0.2) is 19.0 Å². The highest BCUT2D eigenvalue weighted by molar-refractivity contribution is 5.83. The second-order valence-corrected chi connectivity index (χ2v) is 6.18. The maximum atomic E-state index is 12.0. The molecule has 0 heterocycles. The van der Waals surface area contributed by atoms with Crippen molar-refractivity contribution in [2.45, 2.75) is 19.3 Å². The zero-order valence-corrected chi connectivity index (χ0v) is 14.4. The number of amides is 1. The summed E-state index contributed by atoms with van der Waals surface area (Å²) < 4.78 is 0. The summed E-state index contributed by atoms with van der Waals surface area (Å²) in [6.45, 7) is 1.56. The van der Waals surface area contributed by atoms with Gasteiger partial charge >= 0.3 is 0 Å². The first-order chi connectivity index (χ1) is 12.3. The molecule has 3 aromatic rings. The summed E-state index contributed by atoms with van der Waals surface area (Å²) in [5.41, 5.74) is 2.32. The first kappa shape index (κ1) is 17.0. The zero-order valence-electron chi connectivity index (χ0n) is 14.4. The third-order valence-electron chi connectivity index (χ3n) is 4.23. The lowest BCUT2D eigenvalue weighted by molar-refractivity contribution is -0.121. The molecular weight excluding hydrogens is 308 g/mol. The fourth-order valence-electron chi connectivity index (χ4n) is 2.85. The molecule has 3 aromatic carbocycles. The maximum Gasteiger partial charge on any atom is 0.220 e. The van der Waals surface area contributed by atoms with Crippen LogP contribution in [0.1, 0.15) is 18.4 Å². The number of hydrogen-bond donors (Lipinski definition) is 2. The predicted molar refractivity (Wildman–Crippen MR) is 105 cm³/mol. The largest absolute Gasteiger partial charge is 0.385 e. The fourth-order valence-corrected chi connectivity index (χ4v) is 2.85. The number of rotatable bonds is 8. The Morgan fingerprint density at radius 2 is 1.56 bits per heavy atom. The van der Waals surface area contributed by atoms with Crippen molar-refractivity contribution < 1.29 is 4.79 Å². The van der Waals surface area contributed by atoms with Crippen molar-refractivity contribution in [2.24, 2.45) is 0 Å². The molecule has 0 saturated heterocycles. The van der Waals surface area contributed by atoms with Crippen LogP contribution in [0.25, 0.3) is 10.8 Å². The number of benzene rings is 3. The normalized spacial score (nSPS) is 10.6. The van der Waals surface area contributed by atoms with Gasteiger partial charge in [-0.1, -0.05) is 60.7 Å². The van der Waals surface area contributed by atoms with Crippen LogP contribution in [0, 0.1) is 0 Å². The topological polar surface area (TPSA) is 41.1 Å². The van der Waals surface area contributed by atoms with Crippen molar-refractivity contribution in [1.29, 1.82) is 0 Å². The molecule has 0 atom stereocenters. The smallest absolute Gasteiger partial charge is 0.220 e. The van der Waals surface area contributed by atoms with E-state index < -0.39 is 0 Å². The Balaban J connectivity index is 1.34. The zero-order chi connectivity index (χ0) is 17.3. The Morgan fingerprint density at radius 1 is 0.800 bits per heavy atom. The molecule has 128 valence electrons. The summed E-state index contributed by atoms with van der Waals surface area (Å²) in [6, 6.07) is 24.8. The van der Waals surface area contributed by atoms with E-state index in [0.29, 0.717) is 13.0 Å². The molecule has 0 aliphatic heterocycles. The van der Waals surface area contributed by atoms with Crippen molar-refractivity contribution in [3.63, 3.8) is 0 Å². The summed E-state index contributed by atoms with van der Waals surface area (Å²) in [7, 11) is 0. The number of hydrogen-bond acceptors (Lipinski definition) is 2. The minimum atomic E-state index is 0.118. The highest BCUT2D eigenvalue weighted by Crippen LogP contribution is 2.16. The van der Waals surface area contributed by atoms with Gasteiger partial charge in [0.15, 0.2) is 0 Å². The van der Waals surface area contributed by atoms with Crippen LogP contribution < -0.4 is 10.6 Å². The van der Waals surface area contributed by atoms with E-state index in [1.807, 2.05) is 42.5 Å². The van der Waals surface area contributed by atoms with E-state index in [4.69, 9.17) is 0 Å². The monoisotopic (exact) mass is 332 g/mol. The molecule has 25 heavy (non-hydrogen) atoms. The lowest BCUT2D eigenvalue weighted by atomic mass is 10.0. The van der Waals surface area contributed by atoms with E-state index in [1.54, 1.807) is 0 Å². The molecule has 0 aliphatic rings. The molecule has 0 saturated carbocycles. The van der Waals surface area contributed by atoms with Gasteiger partial charge in [0.2, 0.25) is 5.91 Å². The first-order valence-corrected chi connectivity index (χ1v) is 8.84. The number of nitrogens with one attached hydrogen (secondary N) is 2. The van der Waals surface area contributed by atoms with Gasteiger partial charge in [-0.05, 0) is 41.3 Å². The number of para-hydroxylation sites is 1. The lowest BCUT2D eigenvalue weighted by Gasteiger charge is -2.08. The van der Waals surface area contributed by atoms with Crippen LogP contribution >= 0.6 is 0 Å². The summed E-state index contributed by atoms with van der Waals surface area (Å²) in [6.07, 6.45) is 2.22. The molecule has 0 radical (unpaired) electrons. The Bertz CT molecular complexity index is 814. The number of fused-ring (bicyclic) bond motifs is 1. The van der Waals surface area contributed by atoms with Gasteiger partial charge in [0.25, 0.3) is 0 Å². The third-order valence-corrected chi connectivity index (χ3v) is 4.23. The minimum Gasteiger partial charge on any atom is -0.385 e. The number of aryl methyl sites for hydroxylation is 1. The predicted octanol–water partition coefficient (Wildman–Crippen LogP) is 4.39. The van der Waals surface area contributed by atoms with Crippen LogP contribution in [0.3, 0.4) is 0 Å². The van der Waals surface area contributed by atoms with Crippen LogP contribution in [-0.2, 0) is 11.2 Å². The molecule has 0 spiro atoms. The number of carbonyl (C=O) groups excluding carboxylic acids is 1.